The molecule has 0 bridgehead atoms. The van der Waals surface area contributed by atoms with Gasteiger partial charge in [-0.1, -0.05) is 18.9 Å². The second kappa shape index (κ2) is 11.5. The lowest BCUT2D eigenvalue weighted by atomic mass is 9.98. The fourth-order valence-electron chi connectivity index (χ4n) is 4.96. The fourth-order valence-corrected chi connectivity index (χ4v) is 6.22. The highest BCUT2D eigenvalue weighted by atomic mass is 32.1. The van der Waals surface area contributed by atoms with Gasteiger partial charge in [-0.2, -0.15) is 0 Å². The van der Waals surface area contributed by atoms with Crippen LogP contribution in [0.5, 0.6) is 0 Å². The van der Waals surface area contributed by atoms with Gasteiger partial charge in [-0.3, -0.25) is 9.69 Å². The van der Waals surface area contributed by atoms with Crippen LogP contribution in [0.4, 0.5) is 5.82 Å². The van der Waals surface area contributed by atoms with Gasteiger partial charge in [0.15, 0.2) is 5.82 Å². The molecule has 1 unspecified atom stereocenters. The molecule has 5 heterocycles. The van der Waals surface area contributed by atoms with Crippen molar-refractivity contribution < 1.29 is 4.79 Å². The standard InChI is InChI=1S/C25H32N6OS2/c32-23(18-31-13-5-2-7-19(31)9-14-30-11-3-1-4-12-30)28-22-17-20(25-26-10-16-34-25)27-24(29-22)21-8-6-15-33-21/h6,8,10,15-17,19H,1-5,7,9,11-14,18H2,(H,27,28,29,32). The van der Waals surface area contributed by atoms with Crippen molar-refractivity contribution in [3.63, 3.8) is 0 Å². The van der Waals surface area contributed by atoms with Crippen LogP contribution in [0.3, 0.4) is 0 Å². The van der Waals surface area contributed by atoms with Gasteiger partial charge in [-0.25, -0.2) is 15.0 Å². The zero-order chi connectivity index (χ0) is 23.2. The maximum atomic E-state index is 13.1. The molecule has 2 fully saturated rings. The molecule has 0 radical (unpaired) electrons. The number of amides is 1. The predicted octanol–water partition coefficient (Wildman–Crippen LogP) is 5.00. The number of rotatable bonds is 8. The summed E-state index contributed by atoms with van der Waals surface area (Å²) in [6.45, 7) is 5.02. The highest BCUT2D eigenvalue weighted by Gasteiger charge is 2.25. The van der Waals surface area contributed by atoms with Crippen molar-refractivity contribution in [1.29, 1.82) is 0 Å². The molecule has 1 amide bonds. The molecular weight excluding hydrogens is 464 g/mol. The van der Waals surface area contributed by atoms with Crippen molar-refractivity contribution in [2.75, 3.05) is 38.0 Å². The SMILES string of the molecule is O=C(CN1CCCCC1CCN1CCCCC1)Nc1cc(-c2nccs2)nc(-c2cccs2)n1. The third-order valence-electron chi connectivity index (χ3n) is 6.71. The van der Waals surface area contributed by atoms with Crippen molar-refractivity contribution in [2.24, 2.45) is 0 Å². The number of nitrogens with one attached hydrogen (secondary N) is 1. The first-order chi connectivity index (χ1) is 16.7. The Bertz CT molecular complexity index is 997. The lowest BCUT2D eigenvalue weighted by Crippen LogP contribution is -2.45. The van der Waals surface area contributed by atoms with E-state index in [0.29, 0.717) is 24.2 Å². The van der Waals surface area contributed by atoms with Gasteiger partial charge in [-0.05, 0) is 69.7 Å². The first kappa shape index (κ1) is 23.5. The van der Waals surface area contributed by atoms with Crippen LogP contribution in [0.2, 0.25) is 0 Å². The third-order valence-corrected chi connectivity index (χ3v) is 8.37. The summed E-state index contributed by atoms with van der Waals surface area (Å²) < 4.78 is 0. The molecule has 0 aromatic carbocycles. The Kier molecular flexibility index (Phi) is 7.95. The Hall–Kier alpha value is -2.20. The number of hydrogen-bond acceptors (Lipinski definition) is 8. The van der Waals surface area contributed by atoms with Gasteiger partial charge in [0.25, 0.3) is 0 Å². The zero-order valence-corrected chi connectivity index (χ0v) is 21.1. The summed E-state index contributed by atoms with van der Waals surface area (Å²) in [6, 6.07) is 6.30. The van der Waals surface area contributed by atoms with E-state index in [0.717, 1.165) is 41.5 Å². The minimum absolute atomic E-state index is 0.00853. The number of hydrogen-bond donors (Lipinski definition) is 1. The molecule has 5 rings (SSSR count). The molecule has 180 valence electrons. The number of thiophene rings is 1. The largest absolute Gasteiger partial charge is 0.309 e. The maximum absolute atomic E-state index is 13.1. The molecule has 0 spiro atoms. The average Bonchev–Trinajstić information content (AvgIpc) is 3.59. The van der Waals surface area contributed by atoms with Gasteiger partial charge in [0.05, 0.1) is 11.4 Å². The van der Waals surface area contributed by atoms with Crippen molar-refractivity contribution in [2.45, 2.75) is 51.0 Å². The first-order valence-electron chi connectivity index (χ1n) is 12.3. The third kappa shape index (κ3) is 6.07. The number of carbonyl (C=O) groups is 1. The predicted molar refractivity (Wildman–Crippen MR) is 139 cm³/mol. The van der Waals surface area contributed by atoms with E-state index in [-0.39, 0.29) is 5.91 Å². The second-order valence-corrected chi connectivity index (χ2v) is 11.0. The monoisotopic (exact) mass is 496 g/mol. The lowest BCUT2D eigenvalue weighted by Gasteiger charge is -2.37. The summed E-state index contributed by atoms with van der Waals surface area (Å²) in [5.74, 6) is 1.15. The van der Waals surface area contributed by atoms with E-state index in [2.05, 4.69) is 25.1 Å². The van der Waals surface area contributed by atoms with Crippen LogP contribution < -0.4 is 5.32 Å². The van der Waals surface area contributed by atoms with E-state index < -0.39 is 0 Å². The van der Waals surface area contributed by atoms with Crippen molar-refractivity contribution in [1.82, 2.24) is 24.8 Å². The van der Waals surface area contributed by atoms with Gasteiger partial charge in [0.1, 0.15) is 16.5 Å². The van der Waals surface area contributed by atoms with E-state index in [4.69, 9.17) is 4.98 Å². The minimum Gasteiger partial charge on any atom is -0.309 e. The van der Waals surface area contributed by atoms with Crippen LogP contribution in [0.25, 0.3) is 21.4 Å². The van der Waals surface area contributed by atoms with Gasteiger partial charge < -0.3 is 10.2 Å². The molecule has 3 aromatic rings. The number of piperidine rings is 2. The van der Waals surface area contributed by atoms with E-state index in [9.17, 15) is 4.79 Å². The molecule has 7 nitrogen and oxygen atoms in total. The summed E-state index contributed by atoms with van der Waals surface area (Å²) in [7, 11) is 0. The van der Waals surface area contributed by atoms with E-state index >= 15 is 0 Å². The Morgan fingerprint density at radius 2 is 1.94 bits per heavy atom. The number of carbonyl (C=O) groups excluding carboxylic acids is 1. The minimum atomic E-state index is -0.00853. The Labute approximate surface area is 209 Å². The van der Waals surface area contributed by atoms with Crippen LogP contribution >= 0.6 is 22.7 Å². The average molecular weight is 497 g/mol. The van der Waals surface area contributed by atoms with Gasteiger partial charge in [0, 0.05) is 23.7 Å². The topological polar surface area (TPSA) is 74.2 Å². The van der Waals surface area contributed by atoms with E-state index in [1.165, 1.54) is 56.5 Å². The van der Waals surface area contributed by atoms with Crippen molar-refractivity contribution in [3.8, 4) is 21.4 Å². The van der Waals surface area contributed by atoms with Crippen LogP contribution in [0.1, 0.15) is 44.9 Å². The molecule has 1 atom stereocenters. The van der Waals surface area contributed by atoms with Crippen LogP contribution in [-0.4, -0.2) is 69.4 Å². The molecule has 0 aliphatic carbocycles. The molecule has 3 aromatic heterocycles. The van der Waals surface area contributed by atoms with Crippen molar-refractivity contribution in [3.05, 3.63) is 35.2 Å². The number of aromatic nitrogens is 3. The fraction of sp³-hybridized carbons (Fsp3) is 0.520. The summed E-state index contributed by atoms with van der Waals surface area (Å²) >= 11 is 3.12. The van der Waals surface area contributed by atoms with Gasteiger partial charge in [-0.15, -0.1) is 22.7 Å². The highest BCUT2D eigenvalue weighted by molar-refractivity contribution is 7.13. The number of thiazole rings is 1. The summed E-state index contributed by atoms with van der Waals surface area (Å²) in [5, 5.41) is 7.82. The summed E-state index contributed by atoms with van der Waals surface area (Å²) in [5.41, 5.74) is 0.737. The zero-order valence-electron chi connectivity index (χ0n) is 19.5. The maximum Gasteiger partial charge on any atom is 0.239 e. The molecule has 2 aliphatic rings. The quantitative estimate of drug-likeness (QED) is 0.473. The molecular formula is C25H32N6OS2. The van der Waals surface area contributed by atoms with Crippen molar-refractivity contribution >= 4 is 34.4 Å². The molecule has 34 heavy (non-hydrogen) atoms. The van der Waals surface area contributed by atoms with E-state index in [1.54, 1.807) is 17.5 Å². The van der Waals surface area contributed by atoms with E-state index in [1.807, 2.05) is 29.0 Å². The summed E-state index contributed by atoms with van der Waals surface area (Å²) in [4.78, 5) is 32.8. The van der Waals surface area contributed by atoms with Crippen LogP contribution in [0.15, 0.2) is 35.2 Å². The van der Waals surface area contributed by atoms with Crippen LogP contribution in [-0.2, 0) is 4.79 Å². The highest BCUT2D eigenvalue weighted by Crippen LogP contribution is 2.28. The Morgan fingerprint density at radius 1 is 1.06 bits per heavy atom. The van der Waals surface area contributed by atoms with Crippen LogP contribution in [0, 0.1) is 0 Å². The first-order valence-corrected chi connectivity index (χ1v) is 14.1. The molecule has 0 saturated carbocycles. The molecule has 1 N–H and O–H groups in total. The Balaban J connectivity index is 1.25. The van der Waals surface area contributed by atoms with Gasteiger partial charge >= 0.3 is 0 Å². The molecule has 2 aliphatic heterocycles. The number of nitrogens with zero attached hydrogens (tertiary/aromatic N) is 5. The number of anilines is 1. The molecule has 2 saturated heterocycles. The molecule has 9 heteroatoms. The lowest BCUT2D eigenvalue weighted by molar-refractivity contribution is -0.118. The van der Waals surface area contributed by atoms with Gasteiger partial charge in [0.2, 0.25) is 5.91 Å². The summed E-state index contributed by atoms with van der Waals surface area (Å²) in [6.07, 6.45) is 10.5. The second-order valence-electron chi connectivity index (χ2n) is 9.14. The number of likely N-dealkylation sites (tertiary alicyclic amines) is 2. The smallest absolute Gasteiger partial charge is 0.239 e. The Morgan fingerprint density at radius 3 is 2.74 bits per heavy atom. The normalized spacial score (nSPS) is 19.8.